The minimum absolute atomic E-state index is 0.101. The Balaban J connectivity index is 3.57. The summed E-state index contributed by atoms with van der Waals surface area (Å²) in [5.74, 6) is 0. The summed E-state index contributed by atoms with van der Waals surface area (Å²) in [5.41, 5.74) is 0. The molecule has 3 nitrogen and oxygen atoms in total. The second-order valence-corrected chi connectivity index (χ2v) is 4.24. The van der Waals surface area contributed by atoms with Gasteiger partial charge in [-0.25, -0.2) is 0 Å². The molecule has 0 bridgehead atoms. The summed E-state index contributed by atoms with van der Waals surface area (Å²) in [5, 5.41) is 9.01. The van der Waals surface area contributed by atoms with Crippen molar-refractivity contribution in [2.24, 2.45) is 0 Å². The van der Waals surface area contributed by atoms with Crippen molar-refractivity contribution >= 4 is 17.3 Å². The molecular formula is C12H24O3S. The van der Waals surface area contributed by atoms with Crippen molar-refractivity contribution in [3.63, 3.8) is 0 Å². The van der Waals surface area contributed by atoms with Gasteiger partial charge in [-0.1, -0.05) is 13.3 Å². The number of thiocarbonyl (C=S) groups is 1. The summed E-state index contributed by atoms with van der Waals surface area (Å²) in [6.45, 7) is 6.18. The molecule has 0 radical (unpaired) electrons. The zero-order valence-corrected chi connectivity index (χ0v) is 11.2. The average Bonchev–Trinajstić information content (AvgIpc) is 2.23. The summed E-state index contributed by atoms with van der Waals surface area (Å²) in [4.78, 5) is 0. The first-order valence-electron chi connectivity index (χ1n) is 6.11. The van der Waals surface area contributed by atoms with E-state index in [1.165, 1.54) is 0 Å². The van der Waals surface area contributed by atoms with Crippen LogP contribution in [0.1, 0.15) is 46.0 Å². The highest BCUT2D eigenvalue weighted by Gasteiger charge is 2.08. The summed E-state index contributed by atoms with van der Waals surface area (Å²) in [6.07, 6.45) is 4.91. The fraction of sp³-hybridized carbons (Fsp3) is 0.917. The molecule has 1 N–H and O–H groups in total. The van der Waals surface area contributed by atoms with Gasteiger partial charge in [-0.3, -0.25) is 0 Å². The Bertz CT molecular complexity index is 174. The van der Waals surface area contributed by atoms with E-state index in [1.54, 1.807) is 0 Å². The molecule has 0 rings (SSSR count). The number of aliphatic hydroxyl groups is 1. The Morgan fingerprint density at radius 1 is 1.25 bits per heavy atom. The molecule has 0 spiro atoms. The SMILES string of the molecule is CCCC(CCCC(O)=S)OCCOCC. The van der Waals surface area contributed by atoms with Crippen LogP contribution in [0.25, 0.3) is 0 Å². The number of aliphatic hydroxyl groups excluding tert-OH is 1. The lowest BCUT2D eigenvalue weighted by Crippen LogP contribution is -2.16. The molecular weight excluding hydrogens is 224 g/mol. The highest BCUT2D eigenvalue weighted by atomic mass is 32.1. The molecule has 0 aromatic heterocycles. The first-order chi connectivity index (χ1) is 7.70. The Hall–Kier alpha value is -0.190. The summed E-state index contributed by atoms with van der Waals surface area (Å²) in [6, 6.07) is 0. The van der Waals surface area contributed by atoms with Gasteiger partial charge in [-0.05, 0) is 38.4 Å². The fourth-order valence-corrected chi connectivity index (χ4v) is 1.68. The van der Waals surface area contributed by atoms with Gasteiger partial charge < -0.3 is 14.6 Å². The van der Waals surface area contributed by atoms with Gasteiger partial charge in [0, 0.05) is 13.0 Å². The molecule has 0 aromatic carbocycles. The minimum atomic E-state index is 0.101. The molecule has 96 valence electrons. The van der Waals surface area contributed by atoms with Crippen molar-refractivity contribution < 1.29 is 14.6 Å². The Morgan fingerprint density at radius 3 is 2.56 bits per heavy atom. The van der Waals surface area contributed by atoms with Crippen LogP contribution in [-0.4, -0.2) is 36.1 Å². The van der Waals surface area contributed by atoms with E-state index in [0.29, 0.717) is 19.6 Å². The van der Waals surface area contributed by atoms with Crippen molar-refractivity contribution in [3.05, 3.63) is 0 Å². The van der Waals surface area contributed by atoms with Crippen LogP contribution in [0.15, 0.2) is 0 Å². The predicted molar refractivity (Wildman–Crippen MR) is 70.2 cm³/mol. The predicted octanol–water partition coefficient (Wildman–Crippen LogP) is 3.26. The fourth-order valence-electron chi connectivity index (χ4n) is 1.53. The summed E-state index contributed by atoms with van der Waals surface area (Å²) >= 11 is 4.63. The molecule has 0 heterocycles. The number of hydrogen-bond donors (Lipinski definition) is 1. The maximum absolute atomic E-state index is 8.91. The van der Waals surface area contributed by atoms with Gasteiger partial charge >= 0.3 is 0 Å². The third kappa shape index (κ3) is 10.3. The van der Waals surface area contributed by atoms with Gasteiger partial charge in [0.2, 0.25) is 0 Å². The monoisotopic (exact) mass is 248 g/mol. The quantitative estimate of drug-likeness (QED) is 0.450. The molecule has 0 fully saturated rings. The van der Waals surface area contributed by atoms with E-state index in [9.17, 15) is 0 Å². The summed E-state index contributed by atoms with van der Waals surface area (Å²) in [7, 11) is 0. The van der Waals surface area contributed by atoms with Gasteiger partial charge in [0.15, 0.2) is 5.05 Å². The van der Waals surface area contributed by atoms with E-state index in [1.807, 2.05) is 6.92 Å². The van der Waals surface area contributed by atoms with Crippen molar-refractivity contribution in [2.45, 2.75) is 52.1 Å². The lowest BCUT2D eigenvalue weighted by Gasteiger charge is -2.16. The smallest absolute Gasteiger partial charge is 0.156 e. The normalized spacial score (nSPS) is 12.6. The van der Waals surface area contributed by atoms with Crippen LogP contribution in [0.5, 0.6) is 0 Å². The van der Waals surface area contributed by atoms with Gasteiger partial charge in [0.1, 0.15) is 0 Å². The number of rotatable bonds is 11. The molecule has 0 amide bonds. The standard InChI is InChI=1S/C12H24O3S/c1-3-6-11(7-5-8-12(13)16)15-10-9-14-4-2/h11H,3-10H2,1-2H3,(H,13,16). The second kappa shape index (κ2) is 11.3. The average molecular weight is 248 g/mol. The lowest BCUT2D eigenvalue weighted by atomic mass is 10.1. The second-order valence-electron chi connectivity index (χ2n) is 3.76. The molecule has 16 heavy (non-hydrogen) atoms. The molecule has 4 heteroatoms. The Kier molecular flexibility index (Phi) is 11.2. The van der Waals surface area contributed by atoms with Crippen molar-refractivity contribution in [2.75, 3.05) is 19.8 Å². The van der Waals surface area contributed by atoms with E-state index in [-0.39, 0.29) is 11.2 Å². The van der Waals surface area contributed by atoms with E-state index in [2.05, 4.69) is 19.1 Å². The first-order valence-corrected chi connectivity index (χ1v) is 6.52. The highest BCUT2D eigenvalue weighted by Crippen LogP contribution is 2.11. The van der Waals surface area contributed by atoms with Crippen molar-refractivity contribution in [1.29, 1.82) is 0 Å². The molecule has 0 aliphatic rings. The summed E-state index contributed by atoms with van der Waals surface area (Å²) < 4.78 is 10.9. The third-order valence-corrected chi connectivity index (χ3v) is 2.52. The van der Waals surface area contributed by atoms with E-state index < -0.39 is 0 Å². The van der Waals surface area contributed by atoms with Crippen LogP contribution < -0.4 is 0 Å². The van der Waals surface area contributed by atoms with Crippen LogP contribution >= 0.6 is 12.2 Å². The van der Waals surface area contributed by atoms with Crippen LogP contribution in [0.2, 0.25) is 0 Å². The van der Waals surface area contributed by atoms with Gasteiger partial charge in [-0.15, -0.1) is 0 Å². The van der Waals surface area contributed by atoms with E-state index in [0.717, 1.165) is 32.3 Å². The van der Waals surface area contributed by atoms with Gasteiger partial charge in [-0.2, -0.15) is 0 Å². The maximum atomic E-state index is 8.91. The molecule has 0 aliphatic carbocycles. The van der Waals surface area contributed by atoms with Crippen LogP contribution in [0.3, 0.4) is 0 Å². The largest absolute Gasteiger partial charge is 0.502 e. The lowest BCUT2D eigenvalue weighted by molar-refractivity contribution is -0.000479. The Labute approximate surface area is 104 Å². The molecule has 0 saturated heterocycles. The zero-order chi connectivity index (χ0) is 12.2. The number of ether oxygens (including phenoxy) is 2. The van der Waals surface area contributed by atoms with Crippen LogP contribution in [0, 0.1) is 0 Å². The molecule has 0 saturated carbocycles. The van der Waals surface area contributed by atoms with Crippen LogP contribution in [0.4, 0.5) is 0 Å². The Morgan fingerprint density at radius 2 is 2.00 bits per heavy atom. The third-order valence-electron chi connectivity index (χ3n) is 2.31. The van der Waals surface area contributed by atoms with Crippen LogP contribution in [-0.2, 0) is 9.47 Å². The maximum Gasteiger partial charge on any atom is 0.156 e. The first kappa shape index (κ1) is 15.8. The zero-order valence-electron chi connectivity index (χ0n) is 10.4. The van der Waals surface area contributed by atoms with Gasteiger partial charge in [0.05, 0.1) is 19.3 Å². The van der Waals surface area contributed by atoms with Gasteiger partial charge in [0.25, 0.3) is 0 Å². The van der Waals surface area contributed by atoms with E-state index in [4.69, 9.17) is 14.6 Å². The topological polar surface area (TPSA) is 38.7 Å². The molecule has 1 unspecified atom stereocenters. The minimum Gasteiger partial charge on any atom is -0.502 e. The molecule has 0 aromatic rings. The number of hydrogen-bond acceptors (Lipinski definition) is 3. The molecule has 0 aliphatic heterocycles. The molecule has 1 atom stereocenters. The van der Waals surface area contributed by atoms with E-state index >= 15 is 0 Å². The highest BCUT2D eigenvalue weighted by molar-refractivity contribution is 7.80. The van der Waals surface area contributed by atoms with Crippen molar-refractivity contribution in [1.82, 2.24) is 0 Å². The van der Waals surface area contributed by atoms with Crippen molar-refractivity contribution in [3.8, 4) is 0 Å².